The first-order valence-corrected chi connectivity index (χ1v) is 13.2. The number of carbonyl (C=O) groups is 1. The van der Waals surface area contributed by atoms with Gasteiger partial charge in [-0.1, -0.05) is 50.1 Å². The Balaban J connectivity index is 1.88. The van der Waals surface area contributed by atoms with Crippen LogP contribution in [-0.4, -0.2) is 44.7 Å². The lowest BCUT2D eigenvalue weighted by molar-refractivity contribution is -0.121. The molecule has 0 spiro atoms. The molecule has 1 amide bonds. The van der Waals surface area contributed by atoms with Crippen LogP contribution in [0.25, 0.3) is 6.08 Å². The van der Waals surface area contributed by atoms with Crippen molar-refractivity contribution in [2.75, 3.05) is 20.3 Å². The van der Waals surface area contributed by atoms with E-state index >= 15 is 0 Å². The predicted octanol–water partition coefficient (Wildman–Crippen LogP) is 5.11. The van der Waals surface area contributed by atoms with Crippen LogP contribution in [0.3, 0.4) is 0 Å². The molecule has 1 fully saturated rings. The Bertz CT molecular complexity index is 1190. The number of sulfonamides is 1. The highest BCUT2D eigenvalue weighted by Crippen LogP contribution is 2.35. The van der Waals surface area contributed by atoms with E-state index < -0.39 is 10.0 Å². The molecule has 1 saturated heterocycles. The molecule has 34 heavy (non-hydrogen) atoms. The maximum absolute atomic E-state index is 13.0. The van der Waals surface area contributed by atoms with Crippen molar-refractivity contribution < 1.29 is 22.7 Å². The molecule has 2 aromatic carbocycles. The molecule has 1 aliphatic heterocycles. The molecule has 0 bridgehead atoms. The van der Waals surface area contributed by atoms with E-state index in [1.54, 1.807) is 43.5 Å². The van der Waals surface area contributed by atoms with Gasteiger partial charge >= 0.3 is 0 Å². The molecule has 2 aromatic rings. The zero-order chi connectivity index (χ0) is 24.6. The summed E-state index contributed by atoms with van der Waals surface area (Å²) in [5.41, 5.74) is 0.722. The van der Waals surface area contributed by atoms with E-state index in [2.05, 4.69) is 17.9 Å². The van der Waals surface area contributed by atoms with Crippen LogP contribution in [0.5, 0.6) is 11.5 Å². The van der Waals surface area contributed by atoms with Gasteiger partial charge in [-0.15, -0.1) is 11.0 Å². The van der Waals surface area contributed by atoms with Gasteiger partial charge in [0.15, 0.2) is 16.7 Å². The summed E-state index contributed by atoms with van der Waals surface area (Å²) in [5, 5.41) is 0.0860. The van der Waals surface area contributed by atoms with Crippen LogP contribution in [0.15, 0.2) is 75.4 Å². The summed E-state index contributed by atoms with van der Waals surface area (Å²) in [6.07, 6.45) is 6.38. The molecule has 0 radical (unpaired) electrons. The average molecular weight is 501 g/mol. The number of rotatable bonds is 11. The minimum atomic E-state index is -3.97. The van der Waals surface area contributed by atoms with Crippen molar-refractivity contribution in [3.05, 3.63) is 71.7 Å². The molecular weight excluding hydrogens is 472 g/mol. The van der Waals surface area contributed by atoms with Crippen LogP contribution < -0.4 is 9.47 Å². The zero-order valence-electron chi connectivity index (χ0n) is 19.3. The van der Waals surface area contributed by atoms with Gasteiger partial charge < -0.3 is 9.47 Å². The van der Waals surface area contributed by atoms with Crippen molar-refractivity contribution in [1.82, 2.24) is 4.90 Å². The maximum atomic E-state index is 13.0. The van der Waals surface area contributed by atoms with Gasteiger partial charge in [-0.05, 0) is 54.1 Å². The van der Waals surface area contributed by atoms with Gasteiger partial charge in [-0.25, -0.2) is 0 Å². The molecule has 7 nitrogen and oxygen atoms in total. The first-order valence-electron chi connectivity index (χ1n) is 10.9. The third kappa shape index (κ3) is 6.30. The summed E-state index contributed by atoms with van der Waals surface area (Å²) in [5.74, 6) is 0.853. The quantitative estimate of drug-likeness (QED) is 0.242. The molecule has 180 valence electrons. The molecule has 1 heterocycles. The topological polar surface area (TPSA) is 85.3 Å². The summed E-state index contributed by atoms with van der Waals surface area (Å²) in [7, 11) is -2.41. The third-order valence-electron chi connectivity index (χ3n) is 4.93. The molecular formula is C25H28N2O5S2. The fourth-order valence-corrected chi connectivity index (χ4v) is 5.40. The Morgan fingerprint density at radius 3 is 2.56 bits per heavy atom. The second-order valence-electron chi connectivity index (χ2n) is 7.44. The van der Waals surface area contributed by atoms with E-state index in [9.17, 15) is 13.2 Å². The molecule has 9 heteroatoms. The SMILES string of the molecule is C=CCN1C(=O)C(=Cc2ccc(OCCCCC)c(OC)c2)SC1=NS(=O)(=O)c1ccccc1. The first kappa shape index (κ1) is 25.6. The Hall–Kier alpha value is -3.04. The molecule has 0 atom stereocenters. The van der Waals surface area contributed by atoms with E-state index in [4.69, 9.17) is 9.47 Å². The van der Waals surface area contributed by atoms with E-state index in [0.29, 0.717) is 23.0 Å². The molecule has 0 unspecified atom stereocenters. The fourth-order valence-electron chi connectivity index (χ4n) is 3.19. The van der Waals surface area contributed by atoms with E-state index in [1.807, 2.05) is 6.07 Å². The highest BCUT2D eigenvalue weighted by atomic mass is 32.2. The number of hydrogen-bond donors (Lipinski definition) is 0. The number of amides is 1. The zero-order valence-corrected chi connectivity index (χ0v) is 20.9. The van der Waals surface area contributed by atoms with Gasteiger partial charge in [0.25, 0.3) is 15.9 Å². The highest BCUT2D eigenvalue weighted by Gasteiger charge is 2.34. The van der Waals surface area contributed by atoms with Gasteiger partial charge in [-0.2, -0.15) is 8.42 Å². The fraction of sp³-hybridized carbons (Fsp3) is 0.280. The van der Waals surface area contributed by atoms with Crippen molar-refractivity contribution in [3.8, 4) is 11.5 Å². The Labute approximate surface area is 205 Å². The lowest BCUT2D eigenvalue weighted by atomic mass is 10.2. The van der Waals surface area contributed by atoms with Crippen molar-refractivity contribution in [3.63, 3.8) is 0 Å². The summed E-state index contributed by atoms with van der Waals surface area (Å²) in [6, 6.07) is 13.3. The monoisotopic (exact) mass is 500 g/mol. The number of ether oxygens (including phenoxy) is 2. The molecule has 0 saturated carbocycles. The summed E-state index contributed by atoms with van der Waals surface area (Å²) in [4.78, 5) is 14.7. The first-order chi connectivity index (χ1) is 16.4. The Kier molecular flexibility index (Phi) is 8.95. The van der Waals surface area contributed by atoms with Crippen LogP contribution in [-0.2, 0) is 14.8 Å². The van der Waals surface area contributed by atoms with Gasteiger partial charge in [0, 0.05) is 6.54 Å². The standard InChI is InChI=1S/C25H28N2O5S2/c1-4-6-10-16-32-21-14-13-19(17-22(21)31-3)18-23-24(28)27(15-5-2)25(33-23)26-34(29,30)20-11-8-7-9-12-20/h5,7-9,11-14,17-18H,2,4,6,10,15-16H2,1,3H3. The van der Waals surface area contributed by atoms with Gasteiger partial charge in [0.2, 0.25) is 0 Å². The predicted molar refractivity (Wildman–Crippen MR) is 137 cm³/mol. The van der Waals surface area contributed by atoms with Gasteiger partial charge in [-0.3, -0.25) is 9.69 Å². The van der Waals surface area contributed by atoms with Crippen molar-refractivity contribution in [2.45, 2.75) is 31.1 Å². The van der Waals surface area contributed by atoms with Crippen LogP contribution in [0.4, 0.5) is 0 Å². The second kappa shape index (κ2) is 11.9. The Morgan fingerprint density at radius 2 is 1.88 bits per heavy atom. The van der Waals surface area contributed by atoms with Crippen molar-refractivity contribution >= 4 is 38.9 Å². The number of hydrogen-bond acceptors (Lipinski definition) is 6. The molecule has 0 aliphatic carbocycles. The summed E-state index contributed by atoms with van der Waals surface area (Å²) < 4.78 is 40.7. The molecule has 0 N–H and O–H groups in total. The molecule has 0 aromatic heterocycles. The maximum Gasteiger partial charge on any atom is 0.284 e. The third-order valence-corrected chi connectivity index (χ3v) is 7.33. The van der Waals surface area contributed by atoms with E-state index in [1.165, 1.54) is 23.1 Å². The number of benzene rings is 2. The number of nitrogens with zero attached hydrogens (tertiary/aromatic N) is 2. The lowest BCUT2D eigenvalue weighted by Gasteiger charge is -2.12. The van der Waals surface area contributed by atoms with E-state index in [-0.39, 0.29) is 22.5 Å². The largest absolute Gasteiger partial charge is 0.493 e. The molecule has 3 rings (SSSR count). The summed E-state index contributed by atoms with van der Waals surface area (Å²) >= 11 is 1.01. The van der Waals surface area contributed by atoms with Crippen LogP contribution in [0.2, 0.25) is 0 Å². The average Bonchev–Trinajstić information content (AvgIpc) is 3.11. The minimum Gasteiger partial charge on any atom is -0.493 e. The number of unbranched alkanes of at least 4 members (excludes halogenated alkanes) is 2. The van der Waals surface area contributed by atoms with Crippen LogP contribution >= 0.6 is 11.8 Å². The van der Waals surface area contributed by atoms with Crippen LogP contribution in [0.1, 0.15) is 31.7 Å². The number of amidine groups is 1. The second-order valence-corrected chi connectivity index (χ2v) is 10.1. The van der Waals surface area contributed by atoms with Crippen LogP contribution in [0, 0.1) is 0 Å². The Morgan fingerprint density at radius 1 is 1.12 bits per heavy atom. The summed E-state index contributed by atoms with van der Waals surface area (Å²) in [6.45, 7) is 6.54. The van der Waals surface area contributed by atoms with E-state index in [0.717, 1.165) is 36.6 Å². The number of thioether (sulfide) groups is 1. The lowest BCUT2D eigenvalue weighted by Crippen LogP contribution is -2.29. The van der Waals surface area contributed by atoms with Gasteiger partial charge in [0.1, 0.15) is 0 Å². The van der Waals surface area contributed by atoms with Crippen molar-refractivity contribution in [1.29, 1.82) is 0 Å². The normalized spacial score (nSPS) is 16.3. The highest BCUT2D eigenvalue weighted by molar-refractivity contribution is 8.19. The molecule has 1 aliphatic rings. The smallest absolute Gasteiger partial charge is 0.284 e. The van der Waals surface area contributed by atoms with Crippen molar-refractivity contribution in [2.24, 2.45) is 4.40 Å². The van der Waals surface area contributed by atoms with Gasteiger partial charge in [0.05, 0.1) is 23.5 Å². The number of carbonyl (C=O) groups excluding carboxylic acids is 1. The minimum absolute atomic E-state index is 0.0609. The number of methoxy groups -OCH3 is 1.